The molecule has 3 nitrogen and oxygen atoms in total. The largest absolute Gasteiger partial charge is 0.326 e. The summed E-state index contributed by atoms with van der Waals surface area (Å²) in [4.78, 5) is 4.95. The molecule has 1 aromatic carbocycles. The molecule has 1 aliphatic rings. The monoisotopic (exact) mass is 261 g/mol. The van der Waals surface area contributed by atoms with Crippen molar-refractivity contribution in [2.75, 3.05) is 33.7 Å². The molecule has 1 heterocycles. The Morgan fingerprint density at radius 1 is 1.16 bits per heavy atom. The summed E-state index contributed by atoms with van der Waals surface area (Å²) in [5, 5.41) is 0. The molecule has 106 valence electrons. The molecule has 0 aromatic heterocycles. The Hall–Kier alpha value is -0.900. The zero-order valence-electron chi connectivity index (χ0n) is 12.3. The van der Waals surface area contributed by atoms with E-state index in [1.165, 1.54) is 37.1 Å². The van der Waals surface area contributed by atoms with Crippen LogP contribution in [0.2, 0.25) is 0 Å². The molecule has 2 N–H and O–H groups in total. The van der Waals surface area contributed by atoms with Crippen molar-refractivity contribution in [1.29, 1.82) is 0 Å². The van der Waals surface area contributed by atoms with Gasteiger partial charge in [0.2, 0.25) is 0 Å². The number of nitrogens with two attached hydrogens (primary N) is 1. The van der Waals surface area contributed by atoms with E-state index in [1.807, 2.05) is 0 Å². The van der Waals surface area contributed by atoms with E-state index in [9.17, 15) is 0 Å². The maximum Gasteiger partial charge on any atom is 0.0180 e. The summed E-state index contributed by atoms with van der Waals surface area (Å²) in [6.07, 6.45) is 3.72. The second-order valence-corrected chi connectivity index (χ2v) is 5.76. The highest BCUT2D eigenvalue weighted by atomic mass is 15.2. The fraction of sp³-hybridized carbons (Fsp3) is 0.625. The second-order valence-electron chi connectivity index (χ2n) is 5.76. The predicted molar refractivity (Wildman–Crippen MR) is 81.2 cm³/mol. The maximum absolute atomic E-state index is 5.79. The van der Waals surface area contributed by atoms with Crippen LogP contribution in [0.5, 0.6) is 0 Å². The third-order valence-electron chi connectivity index (χ3n) is 4.32. The molecule has 19 heavy (non-hydrogen) atoms. The van der Waals surface area contributed by atoms with Gasteiger partial charge in [-0.2, -0.15) is 0 Å². The first-order chi connectivity index (χ1) is 9.20. The highest BCUT2D eigenvalue weighted by Crippen LogP contribution is 2.15. The number of benzene rings is 1. The Labute approximate surface area is 117 Å². The van der Waals surface area contributed by atoms with Crippen molar-refractivity contribution >= 4 is 0 Å². The van der Waals surface area contributed by atoms with Crippen molar-refractivity contribution in [3.63, 3.8) is 0 Å². The molecule has 1 saturated heterocycles. The molecule has 1 fully saturated rings. The molecule has 0 aliphatic carbocycles. The lowest BCUT2D eigenvalue weighted by atomic mass is 10.0. The van der Waals surface area contributed by atoms with E-state index in [2.05, 4.69) is 48.2 Å². The Balaban J connectivity index is 1.80. The van der Waals surface area contributed by atoms with Gasteiger partial charge in [-0.05, 0) is 57.6 Å². The Kier molecular flexibility index (Phi) is 5.37. The number of likely N-dealkylation sites (tertiary alicyclic amines) is 1. The van der Waals surface area contributed by atoms with Gasteiger partial charge in [-0.25, -0.2) is 0 Å². The molecule has 0 atom stereocenters. The van der Waals surface area contributed by atoms with Crippen molar-refractivity contribution in [3.8, 4) is 0 Å². The lowest BCUT2D eigenvalue weighted by molar-refractivity contribution is 0.146. The lowest BCUT2D eigenvalue weighted by Gasteiger charge is -2.35. The van der Waals surface area contributed by atoms with Crippen molar-refractivity contribution < 1.29 is 0 Å². The highest BCUT2D eigenvalue weighted by Gasteiger charge is 2.20. The minimum absolute atomic E-state index is 0.652. The van der Waals surface area contributed by atoms with Crippen LogP contribution in [0.1, 0.15) is 24.0 Å². The summed E-state index contributed by atoms with van der Waals surface area (Å²) in [5.41, 5.74) is 8.51. The quantitative estimate of drug-likeness (QED) is 0.876. The molecule has 1 aromatic rings. The topological polar surface area (TPSA) is 32.5 Å². The van der Waals surface area contributed by atoms with Gasteiger partial charge in [0.25, 0.3) is 0 Å². The van der Waals surface area contributed by atoms with Crippen molar-refractivity contribution in [2.45, 2.75) is 31.8 Å². The molecule has 0 unspecified atom stereocenters. The SMILES string of the molecule is CN(C)C1CCN(CCc2ccccc2CN)CC1. The molecular formula is C16H27N3. The average molecular weight is 261 g/mol. The zero-order chi connectivity index (χ0) is 13.7. The minimum Gasteiger partial charge on any atom is -0.326 e. The van der Waals surface area contributed by atoms with Gasteiger partial charge in [-0.3, -0.25) is 0 Å². The van der Waals surface area contributed by atoms with Gasteiger partial charge in [-0.1, -0.05) is 24.3 Å². The fourth-order valence-electron chi connectivity index (χ4n) is 2.94. The maximum atomic E-state index is 5.79. The van der Waals surface area contributed by atoms with Crippen molar-refractivity contribution in [3.05, 3.63) is 35.4 Å². The molecular weight excluding hydrogens is 234 g/mol. The van der Waals surface area contributed by atoms with Crippen LogP contribution in [0.3, 0.4) is 0 Å². The van der Waals surface area contributed by atoms with E-state index in [-0.39, 0.29) is 0 Å². The molecule has 0 spiro atoms. The van der Waals surface area contributed by atoms with Gasteiger partial charge in [0.1, 0.15) is 0 Å². The van der Waals surface area contributed by atoms with Gasteiger partial charge in [0, 0.05) is 19.1 Å². The van der Waals surface area contributed by atoms with E-state index in [4.69, 9.17) is 5.73 Å². The second kappa shape index (κ2) is 7.04. The molecule has 0 saturated carbocycles. The van der Waals surface area contributed by atoms with E-state index < -0.39 is 0 Å². The summed E-state index contributed by atoms with van der Waals surface area (Å²) in [7, 11) is 4.38. The molecule has 0 bridgehead atoms. The van der Waals surface area contributed by atoms with Gasteiger partial charge in [0.05, 0.1) is 0 Å². The smallest absolute Gasteiger partial charge is 0.0180 e. The van der Waals surface area contributed by atoms with Crippen LogP contribution in [-0.4, -0.2) is 49.6 Å². The summed E-state index contributed by atoms with van der Waals surface area (Å²) >= 11 is 0. The summed E-state index contributed by atoms with van der Waals surface area (Å²) < 4.78 is 0. The molecule has 1 aliphatic heterocycles. The summed E-state index contributed by atoms with van der Waals surface area (Å²) in [6.45, 7) is 4.28. The van der Waals surface area contributed by atoms with Crippen molar-refractivity contribution in [2.24, 2.45) is 5.73 Å². The number of hydrogen-bond acceptors (Lipinski definition) is 3. The fourth-order valence-corrected chi connectivity index (χ4v) is 2.94. The summed E-state index contributed by atoms with van der Waals surface area (Å²) in [5.74, 6) is 0. The third kappa shape index (κ3) is 4.03. The van der Waals surface area contributed by atoms with E-state index in [1.54, 1.807) is 0 Å². The Morgan fingerprint density at radius 2 is 1.79 bits per heavy atom. The first kappa shape index (κ1) is 14.5. The van der Waals surface area contributed by atoms with Gasteiger partial charge in [-0.15, -0.1) is 0 Å². The zero-order valence-corrected chi connectivity index (χ0v) is 12.3. The molecule has 2 rings (SSSR count). The normalized spacial score (nSPS) is 18.1. The Morgan fingerprint density at radius 3 is 2.37 bits per heavy atom. The van der Waals surface area contributed by atoms with Crippen LogP contribution in [0.4, 0.5) is 0 Å². The number of hydrogen-bond donors (Lipinski definition) is 1. The van der Waals surface area contributed by atoms with Crippen LogP contribution >= 0.6 is 0 Å². The number of rotatable bonds is 5. The van der Waals surface area contributed by atoms with Crippen LogP contribution in [-0.2, 0) is 13.0 Å². The summed E-state index contributed by atoms with van der Waals surface area (Å²) in [6, 6.07) is 9.33. The van der Waals surface area contributed by atoms with Crippen LogP contribution < -0.4 is 5.73 Å². The first-order valence-corrected chi connectivity index (χ1v) is 7.36. The van der Waals surface area contributed by atoms with Gasteiger partial charge in [0.15, 0.2) is 0 Å². The van der Waals surface area contributed by atoms with Crippen LogP contribution in [0, 0.1) is 0 Å². The minimum atomic E-state index is 0.652. The van der Waals surface area contributed by atoms with Crippen LogP contribution in [0.15, 0.2) is 24.3 Å². The molecule has 3 heteroatoms. The Bertz CT molecular complexity index is 381. The number of piperidine rings is 1. The van der Waals surface area contributed by atoms with Gasteiger partial charge >= 0.3 is 0 Å². The van der Waals surface area contributed by atoms with E-state index >= 15 is 0 Å². The van der Waals surface area contributed by atoms with Gasteiger partial charge < -0.3 is 15.5 Å². The average Bonchev–Trinajstić information content (AvgIpc) is 2.45. The highest BCUT2D eigenvalue weighted by molar-refractivity contribution is 5.27. The van der Waals surface area contributed by atoms with Crippen molar-refractivity contribution in [1.82, 2.24) is 9.80 Å². The van der Waals surface area contributed by atoms with E-state index in [0.717, 1.165) is 19.0 Å². The predicted octanol–water partition coefficient (Wildman–Crippen LogP) is 1.71. The first-order valence-electron chi connectivity index (χ1n) is 7.36. The molecule has 0 amide bonds. The third-order valence-corrected chi connectivity index (χ3v) is 4.32. The lowest BCUT2D eigenvalue weighted by Crippen LogP contribution is -2.42. The standard InChI is InChI=1S/C16H27N3/c1-18(2)16-8-11-19(12-9-16)10-7-14-5-3-4-6-15(14)13-17/h3-6,16H,7-13,17H2,1-2H3. The van der Waals surface area contributed by atoms with E-state index in [0.29, 0.717) is 6.54 Å². The van der Waals surface area contributed by atoms with Crippen LogP contribution in [0.25, 0.3) is 0 Å². The number of nitrogens with zero attached hydrogens (tertiary/aromatic N) is 2. The molecule has 0 radical (unpaired) electrons.